The van der Waals surface area contributed by atoms with Crippen LogP contribution < -0.4 is 0 Å². The summed E-state index contributed by atoms with van der Waals surface area (Å²) in [5.74, 6) is 6.52. The zero-order valence-corrected chi connectivity index (χ0v) is 12.3. The van der Waals surface area contributed by atoms with Crippen LogP contribution in [0, 0.1) is 24.2 Å². The molecular weight excluding hydrogens is 280 g/mol. The van der Waals surface area contributed by atoms with E-state index >= 15 is 0 Å². The van der Waals surface area contributed by atoms with E-state index in [2.05, 4.69) is 17.8 Å². The SMILES string of the molecule is C#CC#CC(=O)c1ccccc1C/C(=C/C(=O)CCO)OC. The van der Waals surface area contributed by atoms with Gasteiger partial charge >= 0.3 is 0 Å². The quantitative estimate of drug-likeness (QED) is 0.272. The molecule has 0 saturated carbocycles. The third-order valence-electron chi connectivity index (χ3n) is 2.82. The Morgan fingerprint density at radius 3 is 2.73 bits per heavy atom. The van der Waals surface area contributed by atoms with E-state index in [0.717, 1.165) is 0 Å². The van der Waals surface area contributed by atoms with Crippen molar-refractivity contribution in [3.63, 3.8) is 0 Å². The number of benzene rings is 1. The van der Waals surface area contributed by atoms with Gasteiger partial charge in [0.15, 0.2) is 5.78 Å². The number of rotatable bonds is 7. The Morgan fingerprint density at radius 2 is 2.09 bits per heavy atom. The number of hydrogen-bond acceptors (Lipinski definition) is 4. The van der Waals surface area contributed by atoms with Gasteiger partial charge in [0.2, 0.25) is 5.78 Å². The average Bonchev–Trinajstić information content (AvgIpc) is 2.52. The molecule has 0 aromatic heterocycles. The second-order valence-corrected chi connectivity index (χ2v) is 4.31. The molecule has 0 aliphatic rings. The normalized spacial score (nSPS) is 10.1. The van der Waals surface area contributed by atoms with Crippen LogP contribution >= 0.6 is 0 Å². The van der Waals surface area contributed by atoms with Crippen molar-refractivity contribution in [3.05, 3.63) is 47.2 Å². The molecule has 4 nitrogen and oxygen atoms in total. The minimum atomic E-state index is -0.384. The Labute approximate surface area is 129 Å². The second kappa shape index (κ2) is 9.18. The number of aliphatic hydroxyl groups is 1. The largest absolute Gasteiger partial charge is 0.501 e. The second-order valence-electron chi connectivity index (χ2n) is 4.31. The molecule has 0 aliphatic heterocycles. The Kier molecular flexibility index (Phi) is 7.19. The molecule has 0 heterocycles. The molecule has 1 N–H and O–H groups in total. The van der Waals surface area contributed by atoms with Gasteiger partial charge in [-0.05, 0) is 23.3 Å². The summed E-state index contributed by atoms with van der Waals surface area (Å²) in [7, 11) is 1.45. The smallest absolute Gasteiger partial charge is 0.237 e. The molecule has 0 bridgehead atoms. The van der Waals surface area contributed by atoms with E-state index in [4.69, 9.17) is 16.3 Å². The highest BCUT2D eigenvalue weighted by Crippen LogP contribution is 2.15. The molecule has 0 radical (unpaired) electrons. The van der Waals surface area contributed by atoms with E-state index in [9.17, 15) is 9.59 Å². The Hall–Kier alpha value is -2.82. The average molecular weight is 296 g/mol. The van der Waals surface area contributed by atoms with Gasteiger partial charge in [0, 0.05) is 24.5 Å². The molecular formula is C18H16O4. The van der Waals surface area contributed by atoms with E-state index in [1.807, 2.05) is 0 Å². The van der Waals surface area contributed by atoms with Crippen molar-refractivity contribution < 1.29 is 19.4 Å². The van der Waals surface area contributed by atoms with Crippen LogP contribution in [0.1, 0.15) is 22.3 Å². The fourth-order valence-corrected chi connectivity index (χ4v) is 1.79. The van der Waals surface area contributed by atoms with Crippen molar-refractivity contribution >= 4 is 11.6 Å². The topological polar surface area (TPSA) is 63.6 Å². The van der Waals surface area contributed by atoms with Crippen LogP contribution in [0.4, 0.5) is 0 Å². The summed E-state index contributed by atoms with van der Waals surface area (Å²) in [6.07, 6.45) is 6.64. The number of allylic oxidation sites excluding steroid dienone is 2. The van der Waals surface area contributed by atoms with E-state index in [1.54, 1.807) is 24.3 Å². The summed E-state index contributed by atoms with van der Waals surface area (Å²) < 4.78 is 5.17. The number of Topliss-reactive ketones (excluding diaryl/α,β-unsaturated/α-hetero) is 1. The molecule has 112 valence electrons. The number of aliphatic hydroxyl groups excluding tert-OH is 1. The molecule has 1 rings (SSSR count). The van der Waals surface area contributed by atoms with Gasteiger partial charge in [-0.25, -0.2) is 0 Å². The van der Waals surface area contributed by atoms with Crippen molar-refractivity contribution in [1.29, 1.82) is 0 Å². The molecule has 0 amide bonds. The van der Waals surface area contributed by atoms with Crippen molar-refractivity contribution in [2.75, 3.05) is 13.7 Å². The van der Waals surface area contributed by atoms with Crippen molar-refractivity contribution in [2.45, 2.75) is 12.8 Å². The Morgan fingerprint density at radius 1 is 1.36 bits per heavy atom. The van der Waals surface area contributed by atoms with Gasteiger partial charge < -0.3 is 9.84 Å². The fraction of sp³-hybridized carbons (Fsp3) is 0.222. The molecule has 0 atom stereocenters. The van der Waals surface area contributed by atoms with Gasteiger partial charge in [0.05, 0.1) is 13.7 Å². The zero-order valence-electron chi connectivity index (χ0n) is 12.3. The number of terminal acetylenes is 1. The van der Waals surface area contributed by atoms with Crippen molar-refractivity contribution in [3.8, 4) is 24.2 Å². The van der Waals surface area contributed by atoms with Crippen LogP contribution in [-0.4, -0.2) is 30.4 Å². The highest BCUT2D eigenvalue weighted by atomic mass is 16.5. The van der Waals surface area contributed by atoms with E-state index in [0.29, 0.717) is 16.9 Å². The third kappa shape index (κ3) is 5.28. The maximum absolute atomic E-state index is 12.0. The highest BCUT2D eigenvalue weighted by molar-refractivity contribution is 6.10. The van der Waals surface area contributed by atoms with Gasteiger partial charge in [-0.1, -0.05) is 24.3 Å². The fourth-order valence-electron chi connectivity index (χ4n) is 1.79. The number of hydrogen-bond donors (Lipinski definition) is 1. The van der Waals surface area contributed by atoms with Gasteiger partial charge in [-0.3, -0.25) is 9.59 Å². The lowest BCUT2D eigenvalue weighted by Crippen LogP contribution is -2.05. The number of carbonyl (C=O) groups is 2. The summed E-state index contributed by atoms with van der Waals surface area (Å²) in [5, 5.41) is 8.74. The molecule has 0 spiro atoms. The lowest BCUT2D eigenvalue weighted by Gasteiger charge is -2.09. The zero-order chi connectivity index (χ0) is 16.4. The highest BCUT2D eigenvalue weighted by Gasteiger charge is 2.11. The standard InChI is InChI=1S/C18H16O4/c1-3-4-9-18(21)17-8-6-5-7-14(17)12-16(22-2)13-15(20)10-11-19/h1,5-8,13,19H,10-12H2,2H3/b16-13-. The molecule has 1 aromatic rings. The lowest BCUT2D eigenvalue weighted by atomic mass is 10.00. The number of ketones is 2. The van der Waals surface area contributed by atoms with Gasteiger partial charge in [0.25, 0.3) is 0 Å². The minimum absolute atomic E-state index is 0.0289. The van der Waals surface area contributed by atoms with Crippen LogP contribution in [0.5, 0.6) is 0 Å². The van der Waals surface area contributed by atoms with E-state index in [1.165, 1.54) is 13.2 Å². The predicted octanol–water partition coefficient (Wildman–Crippen LogP) is 1.53. The molecule has 0 unspecified atom stereocenters. The van der Waals surface area contributed by atoms with Crippen LogP contribution in [0.2, 0.25) is 0 Å². The van der Waals surface area contributed by atoms with Gasteiger partial charge in [-0.15, -0.1) is 6.42 Å². The number of ether oxygens (including phenoxy) is 1. The summed E-state index contributed by atoms with van der Waals surface area (Å²) >= 11 is 0. The van der Waals surface area contributed by atoms with Crippen molar-refractivity contribution in [1.82, 2.24) is 0 Å². The molecule has 0 aliphatic carbocycles. The molecule has 0 fully saturated rings. The van der Waals surface area contributed by atoms with Gasteiger partial charge in [0.1, 0.15) is 5.76 Å². The summed E-state index contributed by atoms with van der Waals surface area (Å²) in [6.45, 7) is -0.219. The maximum Gasteiger partial charge on any atom is 0.237 e. The van der Waals surface area contributed by atoms with Crippen LogP contribution in [0.15, 0.2) is 36.1 Å². The third-order valence-corrected chi connectivity index (χ3v) is 2.82. The number of carbonyl (C=O) groups excluding carboxylic acids is 2. The first kappa shape index (κ1) is 17.2. The predicted molar refractivity (Wildman–Crippen MR) is 82.9 cm³/mol. The van der Waals surface area contributed by atoms with Crippen LogP contribution in [0.3, 0.4) is 0 Å². The summed E-state index contributed by atoms with van der Waals surface area (Å²) in [4.78, 5) is 23.5. The van der Waals surface area contributed by atoms with E-state index in [-0.39, 0.29) is 31.0 Å². The first-order valence-corrected chi connectivity index (χ1v) is 6.59. The summed E-state index contributed by atoms with van der Waals surface area (Å²) in [5.41, 5.74) is 1.10. The number of methoxy groups -OCH3 is 1. The minimum Gasteiger partial charge on any atom is -0.501 e. The van der Waals surface area contributed by atoms with E-state index < -0.39 is 0 Å². The van der Waals surface area contributed by atoms with Gasteiger partial charge in [-0.2, -0.15) is 0 Å². The Balaban J connectivity index is 3.05. The van der Waals surface area contributed by atoms with Crippen LogP contribution in [-0.2, 0) is 16.0 Å². The molecule has 0 saturated heterocycles. The first-order chi connectivity index (χ1) is 10.6. The lowest BCUT2D eigenvalue weighted by molar-refractivity contribution is -0.115. The monoisotopic (exact) mass is 296 g/mol. The van der Waals surface area contributed by atoms with Crippen LogP contribution in [0.25, 0.3) is 0 Å². The molecule has 22 heavy (non-hydrogen) atoms. The Bertz CT molecular complexity index is 681. The molecule has 1 aromatic carbocycles. The van der Waals surface area contributed by atoms with Crippen molar-refractivity contribution in [2.24, 2.45) is 0 Å². The maximum atomic E-state index is 12.0. The first-order valence-electron chi connectivity index (χ1n) is 6.59. The summed E-state index contributed by atoms with van der Waals surface area (Å²) in [6, 6.07) is 6.91. The molecule has 4 heteroatoms.